The molecule has 0 bridgehead atoms. The van der Waals surface area contributed by atoms with Gasteiger partial charge in [0.05, 0.1) is 5.01 Å². The largest absolute Gasteiger partial charge is 0.312 e. The van der Waals surface area contributed by atoms with Gasteiger partial charge in [-0.25, -0.2) is 9.37 Å². The molecule has 2 aromatic rings. The Morgan fingerprint density at radius 3 is 2.88 bits per heavy atom. The van der Waals surface area contributed by atoms with Crippen molar-refractivity contribution in [2.45, 2.75) is 19.4 Å². The maximum Gasteiger partial charge on any atom is 0.123 e. The van der Waals surface area contributed by atoms with Crippen molar-refractivity contribution < 1.29 is 4.39 Å². The third kappa shape index (κ3) is 3.11. The fourth-order valence-corrected chi connectivity index (χ4v) is 2.68. The van der Waals surface area contributed by atoms with Gasteiger partial charge in [0.15, 0.2) is 0 Å². The summed E-state index contributed by atoms with van der Waals surface area (Å²) < 4.78 is 13.1. The maximum atomic E-state index is 13.1. The van der Waals surface area contributed by atoms with Gasteiger partial charge in [0.25, 0.3) is 0 Å². The molecule has 0 saturated carbocycles. The van der Waals surface area contributed by atoms with E-state index >= 15 is 0 Å². The molecule has 0 spiro atoms. The van der Waals surface area contributed by atoms with Gasteiger partial charge in [0.2, 0.25) is 0 Å². The lowest BCUT2D eigenvalue weighted by molar-refractivity contribution is 0.591. The Labute approximate surface area is 105 Å². The van der Waals surface area contributed by atoms with Gasteiger partial charge in [0.1, 0.15) is 5.82 Å². The van der Waals surface area contributed by atoms with Gasteiger partial charge in [-0.3, -0.25) is 0 Å². The van der Waals surface area contributed by atoms with Gasteiger partial charge in [0, 0.05) is 17.1 Å². The summed E-state index contributed by atoms with van der Waals surface area (Å²) in [6, 6.07) is 6.94. The number of nitrogens with one attached hydrogen (secondary N) is 1. The molecule has 2 nitrogen and oxygen atoms in total. The minimum Gasteiger partial charge on any atom is -0.312 e. The fraction of sp³-hybridized carbons (Fsp3) is 0.308. The Bertz CT molecular complexity index is 496. The van der Waals surface area contributed by atoms with E-state index in [4.69, 9.17) is 0 Å². The predicted octanol–water partition coefficient (Wildman–Crippen LogP) is 3.09. The van der Waals surface area contributed by atoms with Crippen LogP contribution in [0.2, 0.25) is 0 Å². The van der Waals surface area contributed by atoms with Crippen molar-refractivity contribution in [2.24, 2.45) is 0 Å². The molecule has 4 heteroatoms. The minimum absolute atomic E-state index is 0.183. The molecular weight excluding hydrogens is 235 g/mol. The number of aryl methyl sites for hydroxylation is 1. The van der Waals surface area contributed by atoms with Crippen molar-refractivity contribution in [3.05, 3.63) is 51.7 Å². The number of hydrogen-bond donors (Lipinski definition) is 1. The van der Waals surface area contributed by atoms with E-state index < -0.39 is 0 Å². The van der Waals surface area contributed by atoms with Crippen molar-refractivity contribution in [2.75, 3.05) is 7.05 Å². The molecule has 0 amide bonds. The van der Waals surface area contributed by atoms with E-state index in [2.05, 4.69) is 10.3 Å². The third-order valence-corrected chi connectivity index (χ3v) is 3.69. The molecular formula is C13H15FN2S. The van der Waals surface area contributed by atoms with Crippen LogP contribution in [0.4, 0.5) is 4.39 Å². The van der Waals surface area contributed by atoms with Crippen molar-refractivity contribution in [1.82, 2.24) is 10.3 Å². The first-order valence-corrected chi connectivity index (χ1v) is 6.34. The summed E-state index contributed by atoms with van der Waals surface area (Å²) in [5.74, 6) is -0.183. The Balaban J connectivity index is 2.15. The summed E-state index contributed by atoms with van der Waals surface area (Å²) in [6.07, 6.45) is 2.66. The zero-order valence-corrected chi connectivity index (χ0v) is 10.7. The van der Waals surface area contributed by atoms with E-state index in [1.54, 1.807) is 23.5 Å². The first kappa shape index (κ1) is 12.2. The van der Waals surface area contributed by atoms with Crippen LogP contribution < -0.4 is 5.32 Å². The Morgan fingerprint density at radius 1 is 1.47 bits per heavy atom. The molecule has 0 radical (unpaired) electrons. The van der Waals surface area contributed by atoms with Gasteiger partial charge in [-0.05, 0) is 38.1 Å². The summed E-state index contributed by atoms with van der Waals surface area (Å²) >= 11 is 1.68. The molecule has 90 valence electrons. The van der Waals surface area contributed by atoms with Crippen molar-refractivity contribution >= 4 is 11.3 Å². The molecule has 1 N–H and O–H groups in total. The number of thiazole rings is 1. The van der Waals surface area contributed by atoms with Crippen LogP contribution in [-0.4, -0.2) is 12.0 Å². The Morgan fingerprint density at radius 2 is 2.29 bits per heavy atom. The number of hydrogen-bond acceptors (Lipinski definition) is 3. The van der Waals surface area contributed by atoms with Gasteiger partial charge in [-0.15, -0.1) is 11.3 Å². The van der Waals surface area contributed by atoms with Gasteiger partial charge >= 0.3 is 0 Å². The minimum atomic E-state index is -0.183. The number of nitrogens with zero attached hydrogens (tertiary/aromatic N) is 1. The molecule has 0 fully saturated rings. The average Bonchev–Trinajstić information content (AvgIpc) is 2.73. The topological polar surface area (TPSA) is 24.9 Å². The average molecular weight is 250 g/mol. The second-order valence-corrected chi connectivity index (χ2v) is 5.22. The summed E-state index contributed by atoms with van der Waals surface area (Å²) in [4.78, 5) is 5.44. The lowest BCUT2D eigenvalue weighted by Gasteiger charge is -2.14. The molecule has 1 heterocycles. The van der Waals surface area contributed by atoms with Crippen molar-refractivity contribution in [3.63, 3.8) is 0 Å². The molecule has 1 aromatic heterocycles. The highest BCUT2D eigenvalue weighted by molar-refractivity contribution is 7.11. The highest BCUT2D eigenvalue weighted by Gasteiger charge is 2.13. The molecule has 1 aromatic carbocycles. The van der Waals surface area contributed by atoms with Crippen LogP contribution >= 0.6 is 11.3 Å². The van der Waals surface area contributed by atoms with Crippen LogP contribution in [0.5, 0.6) is 0 Å². The van der Waals surface area contributed by atoms with Crippen LogP contribution in [-0.2, 0) is 6.42 Å². The lowest BCUT2D eigenvalue weighted by atomic mass is 10.1. The van der Waals surface area contributed by atoms with Gasteiger partial charge in [-0.1, -0.05) is 12.1 Å². The van der Waals surface area contributed by atoms with E-state index in [1.807, 2.05) is 26.2 Å². The molecule has 17 heavy (non-hydrogen) atoms. The first-order chi connectivity index (χ1) is 8.19. The standard InChI is InChI=1S/C13H15FN2S/c1-9-16-8-13(17-9)12(15-2)7-10-4-3-5-11(14)6-10/h3-6,8,12,15H,7H2,1-2H3. The third-order valence-electron chi connectivity index (χ3n) is 2.66. The number of aromatic nitrogens is 1. The molecule has 1 unspecified atom stereocenters. The smallest absolute Gasteiger partial charge is 0.123 e. The molecule has 0 saturated heterocycles. The number of likely N-dealkylation sites (N-methyl/N-ethyl adjacent to an activating group) is 1. The summed E-state index contributed by atoms with van der Waals surface area (Å²) in [5, 5.41) is 4.30. The molecule has 1 atom stereocenters. The predicted molar refractivity (Wildman–Crippen MR) is 68.8 cm³/mol. The lowest BCUT2D eigenvalue weighted by Crippen LogP contribution is -2.17. The van der Waals surface area contributed by atoms with Crippen molar-refractivity contribution in [3.8, 4) is 0 Å². The van der Waals surface area contributed by atoms with Gasteiger partial charge < -0.3 is 5.32 Å². The highest BCUT2D eigenvalue weighted by atomic mass is 32.1. The number of halogens is 1. The van der Waals surface area contributed by atoms with Crippen LogP contribution in [0.25, 0.3) is 0 Å². The van der Waals surface area contributed by atoms with Crippen LogP contribution in [0.3, 0.4) is 0 Å². The van der Waals surface area contributed by atoms with E-state index in [9.17, 15) is 4.39 Å². The maximum absolute atomic E-state index is 13.1. The SMILES string of the molecule is CNC(Cc1cccc(F)c1)c1cnc(C)s1. The Hall–Kier alpha value is -1.26. The van der Waals surface area contributed by atoms with Crippen LogP contribution in [0.15, 0.2) is 30.5 Å². The van der Waals surface area contributed by atoms with E-state index in [1.165, 1.54) is 10.9 Å². The molecule has 0 aliphatic rings. The van der Waals surface area contributed by atoms with Crippen molar-refractivity contribution in [1.29, 1.82) is 0 Å². The van der Waals surface area contributed by atoms with E-state index in [0.717, 1.165) is 17.0 Å². The van der Waals surface area contributed by atoms with Gasteiger partial charge in [-0.2, -0.15) is 0 Å². The zero-order valence-electron chi connectivity index (χ0n) is 9.90. The van der Waals surface area contributed by atoms with Crippen LogP contribution in [0.1, 0.15) is 21.5 Å². The van der Waals surface area contributed by atoms with E-state index in [0.29, 0.717) is 0 Å². The summed E-state index contributed by atoms with van der Waals surface area (Å²) in [5.41, 5.74) is 0.996. The number of benzene rings is 1. The summed E-state index contributed by atoms with van der Waals surface area (Å²) in [7, 11) is 1.92. The Kier molecular flexibility index (Phi) is 3.86. The van der Waals surface area contributed by atoms with Crippen LogP contribution in [0, 0.1) is 12.7 Å². The normalized spacial score (nSPS) is 12.6. The molecule has 0 aliphatic heterocycles. The zero-order chi connectivity index (χ0) is 12.3. The number of rotatable bonds is 4. The second kappa shape index (κ2) is 5.38. The fourth-order valence-electron chi connectivity index (χ4n) is 1.78. The quantitative estimate of drug-likeness (QED) is 0.902. The highest BCUT2D eigenvalue weighted by Crippen LogP contribution is 2.23. The van der Waals surface area contributed by atoms with E-state index in [-0.39, 0.29) is 11.9 Å². The first-order valence-electron chi connectivity index (χ1n) is 5.53. The molecule has 2 rings (SSSR count). The second-order valence-electron chi connectivity index (χ2n) is 3.96. The summed E-state index contributed by atoms with van der Waals surface area (Å²) in [6.45, 7) is 1.99. The molecule has 0 aliphatic carbocycles. The monoisotopic (exact) mass is 250 g/mol.